The van der Waals surface area contributed by atoms with E-state index in [2.05, 4.69) is 42.5 Å². The smallest absolute Gasteiger partial charge is 0.118 e. The van der Waals surface area contributed by atoms with Crippen LogP contribution in [0.4, 0.5) is 0 Å². The Morgan fingerprint density at radius 2 is 1.52 bits per heavy atom. The Morgan fingerprint density at radius 1 is 0.920 bits per heavy atom. The highest BCUT2D eigenvalue weighted by molar-refractivity contribution is 6.30. The number of aliphatic hydroxyl groups is 1. The molecule has 1 saturated carbocycles. The first kappa shape index (κ1) is 18.4. The molecule has 3 rings (SSSR count). The average Bonchev–Trinajstić information content (AvgIpc) is 2.63. The van der Waals surface area contributed by atoms with Crippen molar-refractivity contribution < 1.29 is 5.11 Å². The van der Waals surface area contributed by atoms with E-state index in [1.165, 1.54) is 11.1 Å². The Kier molecular flexibility index (Phi) is 5.52. The molecule has 3 heteroatoms. The Morgan fingerprint density at radius 3 is 2.08 bits per heavy atom. The van der Waals surface area contributed by atoms with Crippen molar-refractivity contribution in [3.05, 3.63) is 70.7 Å². The summed E-state index contributed by atoms with van der Waals surface area (Å²) in [5.41, 5.74) is 2.17. The molecule has 2 aromatic carbocycles. The molecule has 0 spiro atoms. The molecule has 0 unspecified atom stereocenters. The van der Waals surface area contributed by atoms with Crippen LogP contribution in [-0.2, 0) is 11.8 Å². The van der Waals surface area contributed by atoms with Gasteiger partial charge >= 0.3 is 0 Å². The molecule has 25 heavy (non-hydrogen) atoms. The van der Waals surface area contributed by atoms with Crippen molar-refractivity contribution in [2.75, 3.05) is 14.1 Å². The van der Waals surface area contributed by atoms with E-state index >= 15 is 0 Å². The first-order valence-electron chi connectivity index (χ1n) is 9.13. The fourth-order valence-corrected chi connectivity index (χ4v) is 4.22. The average molecular weight is 358 g/mol. The molecule has 1 N–H and O–H groups in total. The van der Waals surface area contributed by atoms with Gasteiger partial charge in [-0.3, -0.25) is 4.90 Å². The summed E-state index contributed by atoms with van der Waals surface area (Å²) in [6.07, 6.45) is 5.76. The van der Waals surface area contributed by atoms with Crippen LogP contribution in [0.25, 0.3) is 0 Å². The van der Waals surface area contributed by atoms with Gasteiger partial charge in [0.1, 0.15) is 5.72 Å². The number of hydrogen-bond donors (Lipinski definition) is 1. The van der Waals surface area contributed by atoms with Crippen molar-refractivity contribution >= 4 is 11.6 Å². The summed E-state index contributed by atoms with van der Waals surface area (Å²) in [5, 5.41) is 11.6. The van der Waals surface area contributed by atoms with Gasteiger partial charge in [-0.1, -0.05) is 54.1 Å². The third-order valence-electron chi connectivity index (χ3n) is 6.03. The zero-order valence-corrected chi connectivity index (χ0v) is 16.0. The molecule has 0 saturated heterocycles. The zero-order valence-electron chi connectivity index (χ0n) is 15.2. The molecule has 0 bridgehead atoms. The van der Waals surface area contributed by atoms with Crippen molar-refractivity contribution in [1.82, 2.24) is 4.90 Å². The number of aryl methyl sites for hydroxylation is 1. The number of hydrogen-bond acceptors (Lipinski definition) is 2. The standard InChI is InChI=1S/C22H28ClNO/c1-24(2)22(25)16-14-21(15-17-22,19-8-10-20(23)11-9-19)13-12-18-6-4-3-5-7-18/h3-11,25H,12-17H2,1-2H3. The maximum absolute atomic E-state index is 10.9. The summed E-state index contributed by atoms with van der Waals surface area (Å²) in [6, 6.07) is 19.0. The van der Waals surface area contributed by atoms with Crippen LogP contribution in [0.5, 0.6) is 0 Å². The summed E-state index contributed by atoms with van der Waals surface area (Å²) >= 11 is 6.11. The molecule has 134 valence electrons. The molecular formula is C22H28ClNO. The third kappa shape index (κ3) is 4.08. The fraction of sp³-hybridized carbons (Fsp3) is 0.455. The number of benzene rings is 2. The number of halogens is 1. The van der Waals surface area contributed by atoms with Gasteiger partial charge in [0.05, 0.1) is 0 Å². The van der Waals surface area contributed by atoms with E-state index in [1.807, 2.05) is 31.1 Å². The molecule has 1 aliphatic rings. The van der Waals surface area contributed by atoms with E-state index in [1.54, 1.807) is 0 Å². The summed E-state index contributed by atoms with van der Waals surface area (Å²) in [5.74, 6) is 0. The van der Waals surface area contributed by atoms with Crippen LogP contribution in [-0.4, -0.2) is 29.8 Å². The van der Waals surface area contributed by atoms with Crippen molar-refractivity contribution in [1.29, 1.82) is 0 Å². The molecule has 0 atom stereocenters. The third-order valence-corrected chi connectivity index (χ3v) is 6.28. The van der Waals surface area contributed by atoms with E-state index in [4.69, 9.17) is 11.6 Å². The first-order chi connectivity index (χ1) is 11.9. The van der Waals surface area contributed by atoms with Crippen LogP contribution in [0, 0.1) is 0 Å². The molecule has 1 fully saturated rings. The maximum atomic E-state index is 10.9. The van der Waals surface area contributed by atoms with Crippen molar-refractivity contribution in [2.45, 2.75) is 49.7 Å². The molecule has 2 nitrogen and oxygen atoms in total. The van der Waals surface area contributed by atoms with Crippen molar-refractivity contribution in [3.8, 4) is 0 Å². The summed E-state index contributed by atoms with van der Waals surface area (Å²) < 4.78 is 0. The minimum absolute atomic E-state index is 0.114. The minimum atomic E-state index is -0.678. The van der Waals surface area contributed by atoms with Gasteiger partial charge in [-0.25, -0.2) is 0 Å². The Hall–Kier alpha value is -1.35. The molecule has 0 heterocycles. The first-order valence-corrected chi connectivity index (χ1v) is 9.51. The summed E-state index contributed by atoms with van der Waals surface area (Å²) in [7, 11) is 3.94. The molecule has 1 aliphatic carbocycles. The van der Waals surface area contributed by atoms with Gasteiger partial charge in [0.15, 0.2) is 0 Å². The van der Waals surface area contributed by atoms with Gasteiger partial charge in [-0.2, -0.15) is 0 Å². The lowest BCUT2D eigenvalue weighted by atomic mass is 9.64. The Balaban J connectivity index is 1.83. The van der Waals surface area contributed by atoms with Gasteiger partial charge in [-0.15, -0.1) is 0 Å². The van der Waals surface area contributed by atoms with E-state index in [0.29, 0.717) is 0 Å². The van der Waals surface area contributed by atoms with Crippen LogP contribution in [0.2, 0.25) is 5.02 Å². The van der Waals surface area contributed by atoms with Gasteiger partial charge in [-0.05, 0) is 81.3 Å². The quantitative estimate of drug-likeness (QED) is 0.758. The van der Waals surface area contributed by atoms with Gasteiger partial charge in [0, 0.05) is 5.02 Å². The van der Waals surface area contributed by atoms with Crippen LogP contribution in [0.15, 0.2) is 54.6 Å². The van der Waals surface area contributed by atoms with Crippen LogP contribution < -0.4 is 0 Å². The highest BCUT2D eigenvalue weighted by Crippen LogP contribution is 2.46. The van der Waals surface area contributed by atoms with E-state index < -0.39 is 5.72 Å². The van der Waals surface area contributed by atoms with Crippen molar-refractivity contribution in [3.63, 3.8) is 0 Å². The van der Waals surface area contributed by atoms with Crippen LogP contribution >= 0.6 is 11.6 Å². The largest absolute Gasteiger partial charge is 0.376 e. The minimum Gasteiger partial charge on any atom is -0.376 e. The molecule has 0 radical (unpaired) electrons. The second-order valence-corrected chi connectivity index (χ2v) is 8.09. The Bertz CT molecular complexity index is 673. The van der Waals surface area contributed by atoms with Crippen molar-refractivity contribution in [2.24, 2.45) is 0 Å². The molecule has 0 amide bonds. The Labute approximate surface area is 156 Å². The van der Waals surface area contributed by atoms with Crippen LogP contribution in [0.3, 0.4) is 0 Å². The van der Waals surface area contributed by atoms with E-state index in [0.717, 1.165) is 43.5 Å². The zero-order chi connectivity index (χ0) is 17.9. The molecule has 2 aromatic rings. The fourth-order valence-electron chi connectivity index (χ4n) is 4.09. The molecule has 0 aromatic heterocycles. The lowest BCUT2D eigenvalue weighted by Crippen LogP contribution is -2.50. The predicted molar refractivity (Wildman–Crippen MR) is 105 cm³/mol. The van der Waals surface area contributed by atoms with E-state index in [9.17, 15) is 5.11 Å². The second-order valence-electron chi connectivity index (χ2n) is 7.65. The van der Waals surface area contributed by atoms with E-state index in [-0.39, 0.29) is 5.41 Å². The monoisotopic (exact) mass is 357 g/mol. The summed E-state index contributed by atoms with van der Waals surface area (Å²) in [4.78, 5) is 1.97. The maximum Gasteiger partial charge on any atom is 0.118 e. The molecular weight excluding hydrogens is 330 g/mol. The lowest BCUT2D eigenvalue weighted by Gasteiger charge is -2.47. The highest BCUT2D eigenvalue weighted by atomic mass is 35.5. The SMILES string of the molecule is CN(C)C1(O)CCC(CCc2ccccc2)(c2ccc(Cl)cc2)CC1. The van der Waals surface area contributed by atoms with Gasteiger partial charge in [0.25, 0.3) is 0 Å². The van der Waals surface area contributed by atoms with Gasteiger partial charge < -0.3 is 5.11 Å². The van der Waals surface area contributed by atoms with Crippen LogP contribution in [0.1, 0.15) is 43.2 Å². The topological polar surface area (TPSA) is 23.5 Å². The normalized spacial score (nSPS) is 26.8. The number of nitrogens with zero attached hydrogens (tertiary/aromatic N) is 1. The molecule has 0 aliphatic heterocycles. The van der Waals surface area contributed by atoms with Gasteiger partial charge in [0.2, 0.25) is 0 Å². The highest BCUT2D eigenvalue weighted by Gasteiger charge is 2.43. The summed E-state index contributed by atoms with van der Waals surface area (Å²) in [6.45, 7) is 0. The predicted octanol–water partition coefficient (Wildman–Crippen LogP) is 5.03. The second kappa shape index (κ2) is 7.49. The number of rotatable bonds is 5. The lowest BCUT2D eigenvalue weighted by molar-refractivity contribution is -0.120.